The van der Waals surface area contributed by atoms with Crippen molar-refractivity contribution < 1.29 is 4.79 Å². The molecule has 1 heterocycles. The molecular weight excluding hydrogens is 208 g/mol. The molecule has 0 aliphatic carbocycles. The molecule has 1 fully saturated rings. The Morgan fingerprint density at radius 2 is 2.13 bits per heavy atom. The van der Waals surface area contributed by atoms with Crippen molar-refractivity contribution in [1.29, 1.82) is 0 Å². The lowest BCUT2D eigenvalue weighted by atomic mass is 10.3. The van der Waals surface area contributed by atoms with Gasteiger partial charge in [-0.3, -0.25) is 4.79 Å². The Kier molecular flexibility index (Phi) is 6.10. The minimum Gasteiger partial charge on any atom is -0.341 e. The smallest absolute Gasteiger partial charge is 0.239 e. The van der Waals surface area contributed by atoms with Gasteiger partial charge in [-0.25, -0.2) is 0 Å². The summed E-state index contributed by atoms with van der Waals surface area (Å²) in [6, 6.07) is -0.00930. The van der Waals surface area contributed by atoms with Crippen LogP contribution in [0.3, 0.4) is 0 Å². The summed E-state index contributed by atoms with van der Waals surface area (Å²) in [5, 5.41) is 3.29. The number of hydrogen-bond acceptors (Lipinski definition) is 3. The highest BCUT2D eigenvalue weighted by atomic mass is 32.2. The van der Waals surface area contributed by atoms with E-state index in [2.05, 4.69) is 11.6 Å². The summed E-state index contributed by atoms with van der Waals surface area (Å²) in [6.45, 7) is 4.83. The number of nitrogens with one attached hydrogen (secondary N) is 1. The molecule has 1 saturated heterocycles. The van der Waals surface area contributed by atoms with Crippen LogP contribution in [0.4, 0.5) is 0 Å². The molecule has 0 spiro atoms. The number of nitrogens with zero attached hydrogens (tertiary/aromatic N) is 1. The number of likely N-dealkylation sites (tertiary alicyclic amines) is 1. The van der Waals surface area contributed by atoms with Crippen molar-refractivity contribution in [3.63, 3.8) is 0 Å². The number of thioether (sulfide) groups is 1. The maximum absolute atomic E-state index is 11.9. The summed E-state index contributed by atoms with van der Waals surface area (Å²) in [6.07, 6.45) is 5.59. The second-order valence-electron chi connectivity index (χ2n) is 4.05. The van der Waals surface area contributed by atoms with Crippen molar-refractivity contribution in [2.75, 3.05) is 31.6 Å². The van der Waals surface area contributed by atoms with Gasteiger partial charge >= 0.3 is 0 Å². The fourth-order valence-electron chi connectivity index (χ4n) is 1.83. The number of carbonyl (C=O) groups is 1. The fourth-order valence-corrected chi connectivity index (χ4v) is 2.27. The fraction of sp³-hybridized carbons (Fsp3) is 0.909. The molecule has 1 amide bonds. The Morgan fingerprint density at radius 3 is 2.73 bits per heavy atom. The molecule has 3 nitrogen and oxygen atoms in total. The predicted octanol–water partition coefficient (Wildman–Crippen LogP) is 1.34. The first-order chi connectivity index (χ1) is 7.25. The van der Waals surface area contributed by atoms with Gasteiger partial charge in [0.15, 0.2) is 0 Å². The summed E-state index contributed by atoms with van der Waals surface area (Å²) in [4.78, 5) is 13.8. The Balaban J connectivity index is 2.14. The molecule has 1 atom stereocenters. The number of rotatable bonds is 6. The third kappa shape index (κ3) is 4.43. The van der Waals surface area contributed by atoms with Crippen LogP contribution in [0.15, 0.2) is 0 Å². The van der Waals surface area contributed by atoms with Gasteiger partial charge in [-0.2, -0.15) is 11.8 Å². The lowest BCUT2D eigenvalue weighted by Crippen LogP contribution is -2.43. The Bertz CT molecular complexity index is 193. The second-order valence-corrected chi connectivity index (χ2v) is 5.04. The van der Waals surface area contributed by atoms with Crippen LogP contribution in [0, 0.1) is 0 Å². The van der Waals surface area contributed by atoms with Crippen molar-refractivity contribution in [3.05, 3.63) is 0 Å². The average molecular weight is 230 g/mol. The average Bonchev–Trinajstić information content (AvgIpc) is 2.76. The highest BCUT2D eigenvalue weighted by Crippen LogP contribution is 2.08. The van der Waals surface area contributed by atoms with Crippen LogP contribution in [0.2, 0.25) is 0 Å². The molecule has 0 aromatic rings. The van der Waals surface area contributed by atoms with Crippen LogP contribution < -0.4 is 5.32 Å². The zero-order valence-corrected chi connectivity index (χ0v) is 10.6. The number of amides is 1. The molecule has 1 N–H and O–H groups in total. The van der Waals surface area contributed by atoms with E-state index in [9.17, 15) is 4.79 Å². The van der Waals surface area contributed by atoms with Crippen LogP contribution in [-0.4, -0.2) is 48.5 Å². The van der Waals surface area contributed by atoms with Crippen molar-refractivity contribution in [2.45, 2.75) is 32.2 Å². The monoisotopic (exact) mass is 230 g/mol. The first-order valence-corrected chi connectivity index (χ1v) is 7.16. The second kappa shape index (κ2) is 7.12. The van der Waals surface area contributed by atoms with Crippen LogP contribution in [0.1, 0.15) is 26.2 Å². The van der Waals surface area contributed by atoms with Gasteiger partial charge < -0.3 is 10.2 Å². The molecule has 0 aromatic carbocycles. The molecule has 0 saturated carbocycles. The highest BCUT2D eigenvalue weighted by molar-refractivity contribution is 7.98. The van der Waals surface area contributed by atoms with Crippen LogP contribution in [0.25, 0.3) is 0 Å². The van der Waals surface area contributed by atoms with E-state index in [4.69, 9.17) is 0 Å². The summed E-state index contributed by atoms with van der Waals surface area (Å²) >= 11 is 1.85. The molecule has 15 heavy (non-hydrogen) atoms. The molecule has 88 valence electrons. The maximum Gasteiger partial charge on any atom is 0.239 e. The standard InChI is InChI=1S/C11H22N2OS/c1-10(12-6-5-9-15-2)11(14)13-7-3-4-8-13/h10,12H,3-9H2,1-2H3. The van der Waals surface area contributed by atoms with Crippen LogP contribution in [-0.2, 0) is 4.79 Å². The van der Waals surface area contributed by atoms with Gasteiger partial charge in [-0.1, -0.05) is 0 Å². The molecule has 0 bridgehead atoms. The summed E-state index contributed by atoms with van der Waals surface area (Å²) in [5.41, 5.74) is 0. The molecule has 1 rings (SSSR count). The normalized spacial score (nSPS) is 18.1. The van der Waals surface area contributed by atoms with E-state index in [1.54, 1.807) is 0 Å². The van der Waals surface area contributed by atoms with E-state index in [0.29, 0.717) is 0 Å². The topological polar surface area (TPSA) is 32.3 Å². The molecular formula is C11H22N2OS. The summed E-state index contributed by atoms with van der Waals surface area (Å²) in [5.74, 6) is 1.44. The van der Waals surface area contributed by atoms with E-state index < -0.39 is 0 Å². The van der Waals surface area contributed by atoms with Gasteiger partial charge in [0.25, 0.3) is 0 Å². The first kappa shape index (κ1) is 12.8. The SMILES string of the molecule is CSCCCNC(C)C(=O)N1CCCC1. The summed E-state index contributed by atoms with van der Waals surface area (Å²) in [7, 11) is 0. The van der Waals surface area contributed by atoms with Gasteiger partial charge in [0.05, 0.1) is 6.04 Å². The van der Waals surface area contributed by atoms with E-state index in [-0.39, 0.29) is 11.9 Å². The van der Waals surface area contributed by atoms with Crippen molar-refractivity contribution >= 4 is 17.7 Å². The van der Waals surface area contributed by atoms with Gasteiger partial charge in [0, 0.05) is 13.1 Å². The largest absolute Gasteiger partial charge is 0.341 e. The van der Waals surface area contributed by atoms with E-state index >= 15 is 0 Å². The zero-order valence-electron chi connectivity index (χ0n) is 9.79. The Morgan fingerprint density at radius 1 is 1.47 bits per heavy atom. The van der Waals surface area contributed by atoms with E-state index in [1.165, 1.54) is 12.8 Å². The van der Waals surface area contributed by atoms with Crippen LogP contribution in [0.5, 0.6) is 0 Å². The molecule has 1 aliphatic rings. The third-order valence-corrected chi connectivity index (χ3v) is 3.46. The van der Waals surface area contributed by atoms with Crippen LogP contribution >= 0.6 is 11.8 Å². The van der Waals surface area contributed by atoms with Crippen molar-refractivity contribution in [3.8, 4) is 0 Å². The minimum atomic E-state index is -0.00930. The highest BCUT2D eigenvalue weighted by Gasteiger charge is 2.22. The lowest BCUT2D eigenvalue weighted by Gasteiger charge is -2.21. The third-order valence-electron chi connectivity index (χ3n) is 2.76. The number of carbonyl (C=O) groups excluding carboxylic acids is 1. The van der Waals surface area contributed by atoms with Gasteiger partial charge in [0.1, 0.15) is 0 Å². The molecule has 0 radical (unpaired) electrons. The molecule has 1 aliphatic heterocycles. The van der Waals surface area contributed by atoms with Crippen molar-refractivity contribution in [1.82, 2.24) is 10.2 Å². The molecule has 4 heteroatoms. The van der Waals surface area contributed by atoms with Gasteiger partial charge in [-0.05, 0) is 44.7 Å². The Labute approximate surface area is 97.0 Å². The zero-order chi connectivity index (χ0) is 11.1. The lowest BCUT2D eigenvalue weighted by molar-refractivity contribution is -0.131. The predicted molar refractivity (Wildman–Crippen MR) is 66.3 cm³/mol. The van der Waals surface area contributed by atoms with Gasteiger partial charge in [-0.15, -0.1) is 0 Å². The Hall–Kier alpha value is -0.220. The molecule has 0 aromatic heterocycles. The van der Waals surface area contributed by atoms with E-state index in [1.807, 2.05) is 23.6 Å². The van der Waals surface area contributed by atoms with Crippen molar-refractivity contribution in [2.24, 2.45) is 0 Å². The van der Waals surface area contributed by atoms with E-state index in [0.717, 1.165) is 31.8 Å². The number of hydrogen-bond donors (Lipinski definition) is 1. The molecule has 1 unspecified atom stereocenters. The minimum absolute atomic E-state index is 0.00930. The maximum atomic E-state index is 11.9. The first-order valence-electron chi connectivity index (χ1n) is 5.77. The van der Waals surface area contributed by atoms with Gasteiger partial charge in [0.2, 0.25) is 5.91 Å². The quantitative estimate of drug-likeness (QED) is 0.699. The summed E-state index contributed by atoms with van der Waals surface area (Å²) < 4.78 is 0.